The second-order valence-corrected chi connectivity index (χ2v) is 6.84. The number of nitrogens with zero attached hydrogens (tertiary/aromatic N) is 3. The SMILES string of the molecule is FC(F)(F)c1ccnc(NC2CCCN(Cc3c[nH]c4ccccc34)C2)n1. The van der Waals surface area contributed by atoms with Crippen LogP contribution in [-0.2, 0) is 12.7 Å². The number of rotatable bonds is 4. The number of likely N-dealkylation sites (tertiary alicyclic amines) is 1. The fraction of sp³-hybridized carbons (Fsp3) is 0.368. The molecule has 0 amide bonds. The molecule has 0 saturated carbocycles. The Morgan fingerprint density at radius 1 is 1.22 bits per heavy atom. The van der Waals surface area contributed by atoms with E-state index in [1.165, 1.54) is 10.9 Å². The molecule has 1 unspecified atom stereocenters. The molecule has 27 heavy (non-hydrogen) atoms. The van der Waals surface area contributed by atoms with E-state index in [9.17, 15) is 13.2 Å². The van der Waals surface area contributed by atoms with Crippen molar-refractivity contribution in [3.8, 4) is 0 Å². The highest BCUT2D eigenvalue weighted by molar-refractivity contribution is 5.82. The smallest absolute Gasteiger partial charge is 0.361 e. The van der Waals surface area contributed by atoms with E-state index >= 15 is 0 Å². The van der Waals surface area contributed by atoms with Crippen LogP contribution in [0.2, 0.25) is 0 Å². The lowest BCUT2D eigenvalue weighted by Crippen LogP contribution is -2.41. The van der Waals surface area contributed by atoms with Gasteiger partial charge < -0.3 is 10.3 Å². The number of alkyl halides is 3. The van der Waals surface area contributed by atoms with E-state index in [0.717, 1.165) is 50.3 Å². The second-order valence-electron chi connectivity index (χ2n) is 6.84. The van der Waals surface area contributed by atoms with Crippen LogP contribution >= 0.6 is 0 Å². The molecule has 0 spiro atoms. The third kappa shape index (κ3) is 4.05. The number of piperidine rings is 1. The molecule has 5 nitrogen and oxygen atoms in total. The van der Waals surface area contributed by atoms with E-state index in [4.69, 9.17) is 0 Å². The molecular formula is C19H20F3N5. The van der Waals surface area contributed by atoms with Crippen LogP contribution in [0.25, 0.3) is 10.9 Å². The first kappa shape index (κ1) is 17.8. The molecule has 2 N–H and O–H groups in total. The predicted molar refractivity (Wildman–Crippen MR) is 97.3 cm³/mol. The van der Waals surface area contributed by atoms with Gasteiger partial charge in [-0.25, -0.2) is 9.97 Å². The molecule has 1 aliphatic rings. The second kappa shape index (κ2) is 7.19. The first-order chi connectivity index (χ1) is 13.0. The molecule has 0 aliphatic carbocycles. The van der Waals surface area contributed by atoms with Crippen LogP contribution < -0.4 is 5.32 Å². The van der Waals surface area contributed by atoms with E-state index < -0.39 is 11.9 Å². The average molecular weight is 375 g/mol. The molecule has 1 saturated heterocycles. The zero-order chi connectivity index (χ0) is 18.9. The summed E-state index contributed by atoms with van der Waals surface area (Å²) in [5.41, 5.74) is 1.41. The third-order valence-corrected chi connectivity index (χ3v) is 4.85. The maximum absolute atomic E-state index is 12.8. The molecular weight excluding hydrogens is 355 g/mol. The summed E-state index contributed by atoms with van der Waals surface area (Å²) in [5.74, 6) is 0.0313. The minimum atomic E-state index is -4.46. The minimum absolute atomic E-state index is 0.0208. The van der Waals surface area contributed by atoms with Crippen molar-refractivity contribution in [2.45, 2.75) is 31.6 Å². The van der Waals surface area contributed by atoms with E-state index in [-0.39, 0.29) is 12.0 Å². The topological polar surface area (TPSA) is 56.8 Å². The number of benzene rings is 1. The van der Waals surface area contributed by atoms with Gasteiger partial charge in [0.15, 0.2) is 0 Å². The summed E-state index contributed by atoms with van der Waals surface area (Å²) in [6.07, 6.45) is 0.554. The maximum Gasteiger partial charge on any atom is 0.433 e. The third-order valence-electron chi connectivity index (χ3n) is 4.85. The number of H-pyrrole nitrogens is 1. The standard InChI is InChI=1S/C19H20F3N5/c20-19(21,22)17-7-8-23-18(26-17)25-14-4-3-9-27(12-14)11-13-10-24-16-6-2-1-5-15(13)16/h1-2,5-8,10,14,24H,3-4,9,11-12H2,(H,23,25,26). The number of para-hydroxylation sites is 1. The quantitative estimate of drug-likeness (QED) is 0.722. The highest BCUT2D eigenvalue weighted by Crippen LogP contribution is 2.28. The van der Waals surface area contributed by atoms with Crippen LogP contribution in [0.3, 0.4) is 0 Å². The summed E-state index contributed by atoms with van der Waals surface area (Å²) < 4.78 is 38.5. The minimum Gasteiger partial charge on any atom is -0.361 e. The molecule has 3 aromatic rings. The first-order valence-electron chi connectivity index (χ1n) is 8.93. The van der Waals surface area contributed by atoms with Crippen molar-refractivity contribution in [1.82, 2.24) is 19.9 Å². The van der Waals surface area contributed by atoms with Crippen molar-refractivity contribution >= 4 is 16.9 Å². The molecule has 3 heterocycles. The summed E-state index contributed by atoms with van der Waals surface area (Å²) in [6.45, 7) is 2.49. The summed E-state index contributed by atoms with van der Waals surface area (Å²) in [5, 5.41) is 4.27. The monoisotopic (exact) mass is 375 g/mol. The molecule has 2 aromatic heterocycles. The Balaban J connectivity index is 1.43. The van der Waals surface area contributed by atoms with Crippen molar-refractivity contribution in [3.05, 3.63) is 54.0 Å². The number of hydrogen-bond acceptors (Lipinski definition) is 4. The van der Waals surface area contributed by atoms with Crippen LogP contribution in [0.4, 0.5) is 19.1 Å². The van der Waals surface area contributed by atoms with Gasteiger partial charge in [0.05, 0.1) is 0 Å². The van der Waals surface area contributed by atoms with Gasteiger partial charge in [-0.2, -0.15) is 13.2 Å². The number of hydrogen-bond donors (Lipinski definition) is 2. The Labute approximate surface area is 154 Å². The number of fused-ring (bicyclic) bond motifs is 1. The molecule has 4 rings (SSSR count). The molecule has 0 bridgehead atoms. The van der Waals surface area contributed by atoms with E-state index in [0.29, 0.717) is 0 Å². The van der Waals surface area contributed by atoms with Crippen LogP contribution in [0, 0.1) is 0 Å². The lowest BCUT2D eigenvalue weighted by atomic mass is 10.0. The Morgan fingerprint density at radius 2 is 2.07 bits per heavy atom. The van der Waals surface area contributed by atoms with E-state index in [2.05, 4.69) is 31.2 Å². The molecule has 1 fully saturated rings. The lowest BCUT2D eigenvalue weighted by molar-refractivity contribution is -0.141. The van der Waals surface area contributed by atoms with Crippen LogP contribution in [0.1, 0.15) is 24.1 Å². The molecule has 8 heteroatoms. The summed E-state index contributed by atoms with van der Waals surface area (Å²) >= 11 is 0. The van der Waals surface area contributed by atoms with E-state index in [1.54, 1.807) is 0 Å². The van der Waals surface area contributed by atoms with E-state index in [1.807, 2.05) is 24.4 Å². The van der Waals surface area contributed by atoms with Gasteiger partial charge in [0.2, 0.25) is 5.95 Å². The molecule has 1 aromatic carbocycles. The van der Waals surface area contributed by atoms with Gasteiger partial charge >= 0.3 is 6.18 Å². The number of halogens is 3. The normalized spacial score (nSPS) is 18.7. The van der Waals surface area contributed by atoms with Crippen molar-refractivity contribution in [3.63, 3.8) is 0 Å². The molecule has 1 atom stereocenters. The predicted octanol–water partition coefficient (Wildman–Crippen LogP) is 4.05. The molecule has 142 valence electrons. The zero-order valence-corrected chi connectivity index (χ0v) is 14.6. The highest BCUT2D eigenvalue weighted by atomic mass is 19.4. The van der Waals surface area contributed by atoms with Crippen LogP contribution in [0.5, 0.6) is 0 Å². The fourth-order valence-corrected chi connectivity index (χ4v) is 3.59. The van der Waals surface area contributed by atoms with Crippen molar-refractivity contribution in [1.29, 1.82) is 0 Å². The zero-order valence-electron chi connectivity index (χ0n) is 14.6. The number of nitrogens with one attached hydrogen (secondary N) is 2. The van der Waals surface area contributed by atoms with Crippen LogP contribution in [-0.4, -0.2) is 39.0 Å². The van der Waals surface area contributed by atoms with Gasteiger partial charge in [-0.1, -0.05) is 18.2 Å². The van der Waals surface area contributed by atoms with Gasteiger partial charge in [-0.05, 0) is 37.1 Å². The van der Waals surface area contributed by atoms with Gasteiger partial charge in [0.25, 0.3) is 0 Å². The number of aromatic nitrogens is 3. The Morgan fingerprint density at radius 3 is 2.93 bits per heavy atom. The first-order valence-corrected chi connectivity index (χ1v) is 8.93. The van der Waals surface area contributed by atoms with Crippen molar-refractivity contribution in [2.75, 3.05) is 18.4 Å². The average Bonchev–Trinajstić information content (AvgIpc) is 3.05. The van der Waals surface area contributed by atoms with Gasteiger partial charge in [0, 0.05) is 42.4 Å². The maximum atomic E-state index is 12.8. The lowest BCUT2D eigenvalue weighted by Gasteiger charge is -2.33. The Kier molecular flexibility index (Phi) is 4.73. The fourth-order valence-electron chi connectivity index (χ4n) is 3.59. The van der Waals surface area contributed by atoms with Crippen LogP contribution in [0.15, 0.2) is 42.7 Å². The summed E-state index contributed by atoms with van der Waals surface area (Å²) in [6, 6.07) is 9.06. The number of aromatic amines is 1. The van der Waals surface area contributed by atoms with Gasteiger partial charge in [-0.3, -0.25) is 4.90 Å². The summed E-state index contributed by atoms with van der Waals surface area (Å²) in [7, 11) is 0. The molecule has 1 aliphatic heterocycles. The van der Waals surface area contributed by atoms with Crippen molar-refractivity contribution in [2.24, 2.45) is 0 Å². The Hall–Kier alpha value is -2.61. The summed E-state index contributed by atoms with van der Waals surface area (Å²) in [4.78, 5) is 13.1. The number of anilines is 1. The molecule has 0 radical (unpaired) electrons. The van der Waals surface area contributed by atoms with Gasteiger partial charge in [-0.15, -0.1) is 0 Å². The highest BCUT2D eigenvalue weighted by Gasteiger charge is 2.33. The van der Waals surface area contributed by atoms with Gasteiger partial charge in [0.1, 0.15) is 5.69 Å². The van der Waals surface area contributed by atoms with Crippen molar-refractivity contribution < 1.29 is 13.2 Å². The Bertz CT molecular complexity index is 921. The largest absolute Gasteiger partial charge is 0.433 e.